The zero-order chi connectivity index (χ0) is 19.1. The maximum Gasteiger partial charge on any atom is 0.330 e. The first kappa shape index (κ1) is 24.2. The lowest BCUT2D eigenvalue weighted by molar-refractivity contribution is -0.137. The third-order valence-electron chi connectivity index (χ3n) is 3.91. The second-order valence-corrected chi connectivity index (χ2v) is 6.31. The molecule has 0 N–H and O–H groups in total. The standard InChI is InChI=1S/C24H38O2/c1-3-5-6-7-8-9-10-11-12-13-14-15-16-17-18-19-20-21-22-23-24(25)26-4-2/h14-23H,3-13H2,1-2H3/b15-14-,17-16-,19-18-,21-20+,23-22?. The van der Waals surface area contributed by atoms with E-state index in [4.69, 9.17) is 4.74 Å². The minimum Gasteiger partial charge on any atom is -0.463 e. The molecule has 0 radical (unpaired) electrons. The molecule has 0 aromatic heterocycles. The number of esters is 1. The summed E-state index contributed by atoms with van der Waals surface area (Å²) in [5, 5.41) is 0. The fourth-order valence-electron chi connectivity index (χ4n) is 2.46. The number of carbonyl (C=O) groups is 1. The molecule has 0 amide bonds. The zero-order valence-corrected chi connectivity index (χ0v) is 16.9. The van der Waals surface area contributed by atoms with Gasteiger partial charge in [0.1, 0.15) is 0 Å². The fraction of sp³-hybridized carbons (Fsp3) is 0.542. The number of allylic oxidation sites excluding steroid dienone is 9. The predicted octanol–water partition coefficient (Wildman–Crippen LogP) is 7.25. The molecular weight excluding hydrogens is 320 g/mol. The van der Waals surface area contributed by atoms with Crippen LogP contribution in [0.3, 0.4) is 0 Å². The molecule has 2 nitrogen and oxygen atoms in total. The van der Waals surface area contributed by atoms with Gasteiger partial charge in [-0.3, -0.25) is 0 Å². The highest BCUT2D eigenvalue weighted by molar-refractivity contribution is 5.82. The van der Waals surface area contributed by atoms with Crippen LogP contribution >= 0.6 is 0 Å². The molecular formula is C24H38O2. The highest BCUT2D eigenvalue weighted by Gasteiger charge is 1.91. The third kappa shape index (κ3) is 20.2. The monoisotopic (exact) mass is 358 g/mol. The summed E-state index contributed by atoms with van der Waals surface area (Å²) in [6.07, 6.45) is 32.7. The van der Waals surface area contributed by atoms with Crippen LogP contribution < -0.4 is 0 Å². The van der Waals surface area contributed by atoms with E-state index in [0.717, 1.165) is 0 Å². The summed E-state index contributed by atoms with van der Waals surface area (Å²) in [5.41, 5.74) is 0. The van der Waals surface area contributed by atoms with Gasteiger partial charge in [-0.1, -0.05) is 113 Å². The zero-order valence-electron chi connectivity index (χ0n) is 16.9. The molecule has 0 spiro atoms. The van der Waals surface area contributed by atoms with Crippen LogP contribution in [0.4, 0.5) is 0 Å². The normalized spacial score (nSPS) is 12.5. The third-order valence-corrected chi connectivity index (χ3v) is 3.91. The van der Waals surface area contributed by atoms with Crippen LogP contribution in [0.25, 0.3) is 0 Å². The molecule has 0 aromatic rings. The van der Waals surface area contributed by atoms with E-state index in [2.05, 4.69) is 19.1 Å². The van der Waals surface area contributed by atoms with Crippen LogP contribution in [0, 0.1) is 0 Å². The van der Waals surface area contributed by atoms with Gasteiger partial charge in [-0.25, -0.2) is 4.79 Å². The summed E-state index contributed by atoms with van der Waals surface area (Å²) in [4.78, 5) is 11.0. The molecule has 0 fully saturated rings. The van der Waals surface area contributed by atoms with E-state index in [-0.39, 0.29) is 5.97 Å². The lowest BCUT2D eigenvalue weighted by atomic mass is 10.1. The predicted molar refractivity (Wildman–Crippen MR) is 114 cm³/mol. The molecule has 0 saturated carbocycles. The van der Waals surface area contributed by atoms with E-state index in [9.17, 15) is 4.79 Å². The molecule has 26 heavy (non-hydrogen) atoms. The SMILES string of the molecule is CCCCCCCCCCC\C=C/C=C\C=C/C=C/C=CC(=O)OCC. The van der Waals surface area contributed by atoms with Gasteiger partial charge in [0.05, 0.1) is 6.61 Å². The Morgan fingerprint density at radius 3 is 1.73 bits per heavy atom. The molecule has 0 unspecified atom stereocenters. The smallest absolute Gasteiger partial charge is 0.330 e. The van der Waals surface area contributed by atoms with Gasteiger partial charge in [-0.05, 0) is 19.8 Å². The molecule has 0 aromatic carbocycles. The first-order chi connectivity index (χ1) is 12.8. The summed E-state index contributed by atoms with van der Waals surface area (Å²) in [6, 6.07) is 0. The van der Waals surface area contributed by atoms with Crippen LogP contribution in [0.15, 0.2) is 60.8 Å². The number of ether oxygens (including phenoxy) is 1. The van der Waals surface area contributed by atoms with E-state index >= 15 is 0 Å². The lowest BCUT2D eigenvalue weighted by Crippen LogP contribution is -1.98. The highest BCUT2D eigenvalue weighted by Crippen LogP contribution is 2.10. The van der Waals surface area contributed by atoms with Gasteiger partial charge in [0.15, 0.2) is 0 Å². The number of rotatable bonds is 16. The van der Waals surface area contributed by atoms with Gasteiger partial charge in [0.25, 0.3) is 0 Å². The molecule has 0 rings (SSSR count). The summed E-state index contributed by atoms with van der Waals surface area (Å²) in [6.45, 7) is 4.47. The van der Waals surface area contributed by atoms with Gasteiger partial charge >= 0.3 is 5.97 Å². The molecule has 0 aliphatic heterocycles. The lowest BCUT2D eigenvalue weighted by Gasteiger charge is -2.00. The van der Waals surface area contributed by atoms with Crippen molar-refractivity contribution in [2.75, 3.05) is 6.61 Å². The largest absolute Gasteiger partial charge is 0.463 e. The van der Waals surface area contributed by atoms with E-state index < -0.39 is 0 Å². The quantitative estimate of drug-likeness (QED) is 0.126. The van der Waals surface area contributed by atoms with Crippen molar-refractivity contribution in [3.63, 3.8) is 0 Å². The summed E-state index contributed by atoms with van der Waals surface area (Å²) in [5.74, 6) is -0.307. The second-order valence-electron chi connectivity index (χ2n) is 6.31. The molecule has 0 aliphatic rings. The van der Waals surface area contributed by atoms with Gasteiger partial charge in [0, 0.05) is 6.08 Å². The van der Waals surface area contributed by atoms with E-state index in [1.54, 1.807) is 19.1 Å². The average molecular weight is 359 g/mol. The Morgan fingerprint density at radius 1 is 0.654 bits per heavy atom. The second kappa shape index (κ2) is 21.2. The Hall–Kier alpha value is -1.83. The number of hydrogen-bond donors (Lipinski definition) is 0. The van der Waals surface area contributed by atoms with Gasteiger partial charge in [-0.15, -0.1) is 0 Å². The van der Waals surface area contributed by atoms with Crippen molar-refractivity contribution in [2.45, 2.75) is 78.1 Å². The Kier molecular flexibility index (Phi) is 19.7. The summed E-state index contributed by atoms with van der Waals surface area (Å²) >= 11 is 0. The minimum atomic E-state index is -0.307. The minimum absolute atomic E-state index is 0.307. The summed E-state index contributed by atoms with van der Waals surface area (Å²) in [7, 11) is 0. The van der Waals surface area contributed by atoms with Gasteiger partial charge in [0.2, 0.25) is 0 Å². The van der Waals surface area contributed by atoms with Crippen molar-refractivity contribution in [1.82, 2.24) is 0 Å². The average Bonchev–Trinajstić information content (AvgIpc) is 2.64. The van der Waals surface area contributed by atoms with Crippen LogP contribution in [0.5, 0.6) is 0 Å². The van der Waals surface area contributed by atoms with Crippen molar-refractivity contribution < 1.29 is 9.53 Å². The Morgan fingerprint density at radius 2 is 1.15 bits per heavy atom. The van der Waals surface area contributed by atoms with Crippen LogP contribution in [0.2, 0.25) is 0 Å². The van der Waals surface area contributed by atoms with E-state index in [1.807, 2.05) is 30.4 Å². The Balaban J connectivity index is 3.51. The Labute approximate surface area is 161 Å². The maximum atomic E-state index is 11.0. The number of unbranched alkanes of at least 4 members (excludes halogenated alkanes) is 9. The number of hydrogen-bond acceptors (Lipinski definition) is 2. The van der Waals surface area contributed by atoms with Crippen molar-refractivity contribution in [3.05, 3.63) is 60.8 Å². The van der Waals surface area contributed by atoms with Crippen molar-refractivity contribution in [3.8, 4) is 0 Å². The van der Waals surface area contributed by atoms with E-state index in [0.29, 0.717) is 6.61 Å². The van der Waals surface area contributed by atoms with E-state index in [1.165, 1.54) is 70.3 Å². The molecule has 0 atom stereocenters. The Bertz CT molecular complexity index is 453. The van der Waals surface area contributed by atoms with Crippen molar-refractivity contribution in [2.24, 2.45) is 0 Å². The molecule has 0 heterocycles. The van der Waals surface area contributed by atoms with Crippen LogP contribution in [-0.2, 0) is 9.53 Å². The molecule has 0 bridgehead atoms. The van der Waals surface area contributed by atoms with Crippen LogP contribution in [-0.4, -0.2) is 12.6 Å². The topological polar surface area (TPSA) is 26.3 Å². The fourth-order valence-corrected chi connectivity index (χ4v) is 2.46. The first-order valence-electron chi connectivity index (χ1n) is 10.3. The first-order valence-corrected chi connectivity index (χ1v) is 10.3. The van der Waals surface area contributed by atoms with Crippen molar-refractivity contribution >= 4 is 5.97 Å². The number of carbonyl (C=O) groups excluding carboxylic acids is 1. The van der Waals surface area contributed by atoms with Gasteiger partial charge in [-0.2, -0.15) is 0 Å². The maximum absolute atomic E-state index is 11.0. The molecule has 0 aliphatic carbocycles. The highest BCUT2D eigenvalue weighted by atomic mass is 16.5. The van der Waals surface area contributed by atoms with Crippen molar-refractivity contribution in [1.29, 1.82) is 0 Å². The summed E-state index contributed by atoms with van der Waals surface area (Å²) < 4.78 is 4.78. The van der Waals surface area contributed by atoms with Gasteiger partial charge < -0.3 is 4.74 Å². The molecule has 0 saturated heterocycles. The van der Waals surface area contributed by atoms with Crippen LogP contribution in [0.1, 0.15) is 78.1 Å². The molecule has 2 heteroatoms. The molecule has 146 valence electrons.